The van der Waals surface area contributed by atoms with Crippen molar-refractivity contribution in [2.24, 2.45) is 0 Å². The SMILES string of the molecule is Cc1ccc(-n2c(=O)c3ccccc3n3c(CCl)nnc23)c(Cl)c1. The largest absolute Gasteiger partial charge is 0.268 e. The lowest BCUT2D eigenvalue weighted by atomic mass is 10.2. The van der Waals surface area contributed by atoms with Gasteiger partial charge in [-0.1, -0.05) is 29.8 Å². The minimum absolute atomic E-state index is 0.186. The number of hydrogen-bond donors (Lipinski definition) is 0. The highest BCUT2D eigenvalue weighted by Gasteiger charge is 2.18. The zero-order valence-electron chi connectivity index (χ0n) is 12.7. The summed E-state index contributed by atoms with van der Waals surface area (Å²) in [5, 5.41) is 9.32. The van der Waals surface area contributed by atoms with Crippen LogP contribution in [0.4, 0.5) is 0 Å². The predicted octanol–water partition coefficient (Wildman–Crippen LogP) is 3.73. The lowest BCUT2D eigenvalue weighted by Crippen LogP contribution is -2.22. The topological polar surface area (TPSA) is 52.2 Å². The fourth-order valence-corrected chi connectivity index (χ4v) is 3.35. The molecule has 24 heavy (non-hydrogen) atoms. The molecular formula is C17H12Cl2N4O. The Morgan fingerprint density at radius 1 is 1.12 bits per heavy atom. The van der Waals surface area contributed by atoms with Crippen LogP contribution in [-0.2, 0) is 5.88 Å². The number of nitrogens with zero attached hydrogens (tertiary/aromatic N) is 4. The molecule has 0 spiro atoms. The van der Waals surface area contributed by atoms with Crippen LogP contribution in [0.5, 0.6) is 0 Å². The third kappa shape index (κ3) is 2.12. The minimum Gasteiger partial charge on any atom is -0.268 e. The zero-order valence-corrected chi connectivity index (χ0v) is 14.2. The van der Waals surface area contributed by atoms with Gasteiger partial charge in [0.15, 0.2) is 5.82 Å². The van der Waals surface area contributed by atoms with Crippen LogP contribution >= 0.6 is 23.2 Å². The van der Waals surface area contributed by atoms with Crippen LogP contribution in [0.3, 0.4) is 0 Å². The van der Waals surface area contributed by atoms with Gasteiger partial charge in [0.05, 0.1) is 27.5 Å². The van der Waals surface area contributed by atoms with Crippen molar-refractivity contribution in [1.29, 1.82) is 0 Å². The molecule has 120 valence electrons. The van der Waals surface area contributed by atoms with Crippen molar-refractivity contribution in [3.63, 3.8) is 0 Å². The smallest absolute Gasteiger partial charge is 0.267 e. The maximum atomic E-state index is 13.1. The Morgan fingerprint density at radius 2 is 1.92 bits per heavy atom. The number of hydrogen-bond acceptors (Lipinski definition) is 3. The van der Waals surface area contributed by atoms with Crippen LogP contribution in [0.2, 0.25) is 5.02 Å². The molecule has 5 nitrogen and oxygen atoms in total. The molecule has 0 saturated heterocycles. The van der Waals surface area contributed by atoms with Crippen molar-refractivity contribution in [3.05, 3.63) is 69.2 Å². The van der Waals surface area contributed by atoms with Crippen LogP contribution in [0.15, 0.2) is 47.3 Å². The van der Waals surface area contributed by atoms with Crippen LogP contribution < -0.4 is 5.56 Å². The van der Waals surface area contributed by atoms with Crippen LogP contribution in [-0.4, -0.2) is 19.2 Å². The summed E-state index contributed by atoms with van der Waals surface area (Å²) in [7, 11) is 0. The number of fused-ring (bicyclic) bond motifs is 3. The molecule has 0 amide bonds. The summed E-state index contributed by atoms with van der Waals surface area (Å²) in [6, 6.07) is 12.8. The van der Waals surface area contributed by atoms with Crippen molar-refractivity contribution >= 4 is 39.9 Å². The molecule has 2 aromatic carbocycles. The molecule has 2 heterocycles. The van der Waals surface area contributed by atoms with E-state index < -0.39 is 0 Å². The average molecular weight is 359 g/mol. The van der Waals surface area contributed by atoms with Crippen molar-refractivity contribution in [3.8, 4) is 5.69 Å². The molecule has 0 aliphatic rings. The summed E-state index contributed by atoms with van der Waals surface area (Å²) in [5.41, 5.74) is 2.10. The second-order valence-electron chi connectivity index (χ2n) is 5.50. The van der Waals surface area contributed by atoms with Gasteiger partial charge >= 0.3 is 0 Å². The fraction of sp³-hybridized carbons (Fsp3) is 0.118. The van der Waals surface area contributed by atoms with Crippen molar-refractivity contribution < 1.29 is 0 Å². The van der Waals surface area contributed by atoms with Gasteiger partial charge in [-0.2, -0.15) is 0 Å². The highest BCUT2D eigenvalue weighted by atomic mass is 35.5. The lowest BCUT2D eigenvalue weighted by Gasteiger charge is -2.12. The van der Waals surface area contributed by atoms with E-state index in [1.807, 2.05) is 43.3 Å². The standard InChI is InChI=1S/C17H12Cl2N4O/c1-10-6-7-14(12(19)8-10)23-16(24)11-4-2-3-5-13(11)22-15(9-18)20-21-17(22)23/h2-8H,9H2,1H3. The number of aromatic nitrogens is 4. The Morgan fingerprint density at radius 3 is 2.67 bits per heavy atom. The highest BCUT2D eigenvalue weighted by Crippen LogP contribution is 2.24. The maximum Gasteiger partial charge on any atom is 0.267 e. The average Bonchev–Trinajstić information content (AvgIpc) is 3.00. The van der Waals surface area contributed by atoms with E-state index in [-0.39, 0.29) is 11.4 Å². The van der Waals surface area contributed by atoms with Gasteiger partial charge in [-0.15, -0.1) is 21.8 Å². The first-order valence-corrected chi connectivity index (χ1v) is 8.23. The first-order chi connectivity index (χ1) is 11.6. The van der Waals surface area contributed by atoms with Gasteiger partial charge in [0.1, 0.15) is 0 Å². The Kier molecular flexibility index (Phi) is 3.55. The van der Waals surface area contributed by atoms with E-state index in [1.54, 1.807) is 10.5 Å². The van der Waals surface area contributed by atoms with Crippen molar-refractivity contribution in [2.45, 2.75) is 12.8 Å². The first kappa shape index (κ1) is 15.2. The van der Waals surface area contributed by atoms with Gasteiger partial charge < -0.3 is 0 Å². The minimum atomic E-state index is -0.197. The number of rotatable bonds is 2. The van der Waals surface area contributed by atoms with E-state index in [0.717, 1.165) is 11.1 Å². The quantitative estimate of drug-likeness (QED) is 0.513. The molecular weight excluding hydrogens is 347 g/mol. The van der Waals surface area contributed by atoms with E-state index in [2.05, 4.69) is 10.2 Å². The first-order valence-electron chi connectivity index (χ1n) is 7.32. The van der Waals surface area contributed by atoms with Crippen molar-refractivity contribution in [2.75, 3.05) is 0 Å². The van der Waals surface area contributed by atoms with Gasteiger partial charge in [-0.25, -0.2) is 4.57 Å². The molecule has 0 aliphatic carbocycles. The molecule has 0 aliphatic heterocycles. The number of halogens is 2. The molecule has 0 radical (unpaired) electrons. The predicted molar refractivity (Wildman–Crippen MR) is 95.4 cm³/mol. The summed E-state index contributed by atoms with van der Waals surface area (Å²) in [4.78, 5) is 13.1. The number of alkyl halides is 1. The molecule has 0 unspecified atom stereocenters. The maximum absolute atomic E-state index is 13.1. The summed E-state index contributed by atoms with van der Waals surface area (Å²) >= 11 is 12.4. The number of benzene rings is 2. The monoisotopic (exact) mass is 358 g/mol. The Balaban J connectivity index is 2.24. The Labute approximate surface area is 147 Å². The van der Waals surface area contributed by atoms with Crippen LogP contribution in [0, 0.1) is 6.92 Å². The van der Waals surface area contributed by atoms with Crippen LogP contribution in [0.25, 0.3) is 22.4 Å². The van der Waals surface area contributed by atoms with E-state index in [9.17, 15) is 4.79 Å². The Bertz CT molecular complexity index is 1150. The fourth-order valence-electron chi connectivity index (χ4n) is 2.86. The molecule has 7 heteroatoms. The van der Waals surface area contributed by atoms with E-state index in [4.69, 9.17) is 23.2 Å². The molecule has 0 saturated carbocycles. The third-order valence-electron chi connectivity index (χ3n) is 3.96. The normalized spacial score (nSPS) is 11.5. The molecule has 2 aromatic heterocycles. The van der Waals surface area contributed by atoms with Gasteiger partial charge in [-0.05, 0) is 36.8 Å². The van der Waals surface area contributed by atoms with Crippen molar-refractivity contribution in [1.82, 2.24) is 19.2 Å². The third-order valence-corrected chi connectivity index (χ3v) is 4.50. The van der Waals surface area contributed by atoms with E-state index in [1.165, 1.54) is 4.57 Å². The lowest BCUT2D eigenvalue weighted by molar-refractivity contribution is 0.962. The number of aryl methyl sites for hydroxylation is 1. The summed E-state index contributed by atoms with van der Waals surface area (Å²) in [5.74, 6) is 1.14. The Hall–Kier alpha value is -2.37. The number of para-hydroxylation sites is 1. The summed E-state index contributed by atoms with van der Waals surface area (Å²) in [6.45, 7) is 1.94. The van der Waals surface area contributed by atoms with Gasteiger partial charge in [0, 0.05) is 0 Å². The second kappa shape index (κ2) is 5.61. The molecule has 0 bridgehead atoms. The molecule has 4 rings (SSSR count). The molecule has 0 fully saturated rings. The molecule has 0 atom stereocenters. The summed E-state index contributed by atoms with van der Waals surface area (Å²) < 4.78 is 3.27. The second-order valence-corrected chi connectivity index (χ2v) is 6.17. The zero-order chi connectivity index (χ0) is 16.8. The van der Waals surface area contributed by atoms with Crippen LogP contribution in [0.1, 0.15) is 11.4 Å². The van der Waals surface area contributed by atoms with E-state index >= 15 is 0 Å². The van der Waals surface area contributed by atoms with Gasteiger partial charge in [0.2, 0.25) is 5.78 Å². The van der Waals surface area contributed by atoms with E-state index in [0.29, 0.717) is 27.7 Å². The highest BCUT2D eigenvalue weighted by molar-refractivity contribution is 6.32. The molecule has 0 N–H and O–H groups in total. The molecule has 4 aromatic rings. The van der Waals surface area contributed by atoms with Gasteiger partial charge in [-0.3, -0.25) is 9.20 Å². The van der Waals surface area contributed by atoms with Gasteiger partial charge in [0.25, 0.3) is 5.56 Å². The summed E-state index contributed by atoms with van der Waals surface area (Å²) in [6.07, 6.45) is 0.